The zero-order chi connectivity index (χ0) is 12.4. The Balaban J connectivity index is 2.59. The number of hydrogen-bond donors (Lipinski definition) is 1. The van der Waals surface area contributed by atoms with Crippen molar-refractivity contribution in [3.8, 4) is 11.1 Å². The molecule has 0 radical (unpaired) electrons. The Morgan fingerprint density at radius 3 is 2.35 bits per heavy atom. The molecule has 0 saturated carbocycles. The van der Waals surface area contributed by atoms with Crippen LogP contribution in [0.5, 0.6) is 0 Å². The molecule has 0 fully saturated rings. The van der Waals surface area contributed by atoms with Gasteiger partial charge in [0.15, 0.2) is 0 Å². The van der Waals surface area contributed by atoms with E-state index < -0.39 is 0 Å². The summed E-state index contributed by atoms with van der Waals surface area (Å²) in [5, 5.41) is 9.08. The second kappa shape index (κ2) is 4.68. The number of aliphatic hydroxyl groups is 1. The smallest absolute Gasteiger partial charge is 0.129 e. The fourth-order valence-corrected chi connectivity index (χ4v) is 2.03. The second-order valence-corrected chi connectivity index (χ2v) is 4.23. The van der Waals surface area contributed by atoms with Gasteiger partial charge >= 0.3 is 0 Å². The Kier molecular flexibility index (Phi) is 3.25. The van der Waals surface area contributed by atoms with Gasteiger partial charge in [0.2, 0.25) is 0 Å². The van der Waals surface area contributed by atoms with Crippen LogP contribution in [0, 0.1) is 19.7 Å². The topological polar surface area (TPSA) is 20.2 Å². The van der Waals surface area contributed by atoms with Gasteiger partial charge < -0.3 is 5.11 Å². The third kappa shape index (κ3) is 2.22. The van der Waals surface area contributed by atoms with Crippen molar-refractivity contribution in [3.05, 3.63) is 58.9 Å². The molecule has 0 aliphatic carbocycles. The van der Waals surface area contributed by atoms with E-state index in [4.69, 9.17) is 5.11 Å². The lowest BCUT2D eigenvalue weighted by Crippen LogP contribution is -1.96. The van der Waals surface area contributed by atoms with Crippen molar-refractivity contribution in [1.82, 2.24) is 0 Å². The Labute approximate surface area is 101 Å². The first-order chi connectivity index (χ1) is 8.13. The van der Waals surface area contributed by atoms with Crippen LogP contribution in [0.3, 0.4) is 0 Å². The maximum absolute atomic E-state index is 13.8. The van der Waals surface area contributed by atoms with E-state index >= 15 is 0 Å². The van der Waals surface area contributed by atoms with E-state index in [2.05, 4.69) is 0 Å². The predicted molar refractivity (Wildman–Crippen MR) is 67.2 cm³/mol. The molecule has 1 nitrogen and oxygen atoms in total. The number of rotatable bonds is 2. The van der Waals surface area contributed by atoms with Crippen LogP contribution < -0.4 is 0 Å². The molecule has 0 aliphatic heterocycles. The molecule has 2 heteroatoms. The highest BCUT2D eigenvalue weighted by atomic mass is 19.1. The molecule has 88 valence electrons. The average molecular weight is 230 g/mol. The molecule has 17 heavy (non-hydrogen) atoms. The number of hydrogen-bond acceptors (Lipinski definition) is 1. The standard InChI is InChI=1S/C15H15FO/c1-10-5-3-4-6-13(10)12-7-11(2)14(9-17)15(16)8-12/h3-8,17H,9H2,1-2H3. The van der Waals surface area contributed by atoms with Crippen molar-refractivity contribution < 1.29 is 9.50 Å². The van der Waals surface area contributed by atoms with Crippen LogP contribution in [0.25, 0.3) is 11.1 Å². The van der Waals surface area contributed by atoms with Crippen LogP contribution in [0.15, 0.2) is 36.4 Å². The third-order valence-corrected chi connectivity index (χ3v) is 3.03. The fraction of sp³-hybridized carbons (Fsp3) is 0.200. The van der Waals surface area contributed by atoms with Crippen molar-refractivity contribution >= 4 is 0 Å². The van der Waals surface area contributed by atoms with Gasteiger partial charge in [0, 0.05) is 5.56 Å². The maximum Gasteiger partial charge on any atom is 0.129 e. The Morgan fingerprint density at radius 2 is 1.76 bits per heavy atom. The SMILES string of the molecule is Cc1ccccc1-c1cc(C)c(CO)c(F)c1. The molecule has 0 atom stereocenters. The van der Waals surface area contributed by atoms with Gasteiger partial charge in [-0.15, -0.1) is 0 Å². The van der Waals surface area contributed by atoms with Crippen molar-refractivity contribution in [2.75, 3.05) is 0 Å². The largest absolute Gasteiger partial charge is 0.392 e. The minimum atomic E-state index is -0.342. The van der Waals surface area contributed by atoms with E-state index in [-0.39, 0.29) is 12.4 Å². The van der Waals surface area contributed by atoms with Gasteiger partial charge in [0.1, 0.15) is 5.82 Å². The van der Waals surface area contributed by atoms with Crippen molar-refractivity contribution in [2.24, 2.45) is 0 Å². The Hall–Kier alpha value is -1.67. The van der Waals surface area contributed by atoms with Crippen LogP contribution in [0.2, 0.25) is 0 Å². The van der Waals surface area contributed by atoms with Gasteiger partial charge in [-0.25, -0.2) is 4.39 Å². The zero-order valence-electron chi connectivity index (χ0n) is 10.00. The van der Waals surface area contributed by atoms with Gasteiger partial charge in [-0.1, -0.05) is 30.3 Å². The van der Waals surface area contributed by atoms with Crippen LogP contribution in [0.1, 0.15) is 16.7 Å². The summed E-state index contributed by atoms with van der Waals surface area (Å²) in [7, 11) is 0. The molecule has 1 N–H and O–H groups in total. The molecule has 2 aromatic rings. The van der Waals surface area contributed by atoms with Crippen molar-refractivity contribution in [1.29, 1.82) is 0 Å². The molecule has 2 rings (SSSR count). The van der Waals surface area contributed by atoms with E-state index in [0.29, 0.717) is 5.56 Å². The van der Waals surface area contributed by atoms with E-state index in [1.807, 2.05) is 44.2 Å². The summed E-state index contributed by atoms with van der Waals surface area (Å²) in [6.45, 7) is 3.56. The van der Waals surface area contributed by atoms with Gasteiger partial charge in [-0.2, -0.15) is 0 Å². The van der Waals surface area contributed by atoms with E-state index in [1.165, 1.54) is 6.07 Å². The molecule has 0 saturated heterocycles. The lowest BCUT2D eigenvalue weighted by Gasteiger charge is -2.10. The van der Waals surface area contributed by atoms with Gasteiger partial charge in [0.25, 0.3) is 0 Å². The molecule has 0 amide bonds. The quantitative estimate of drug-likeness (QED) is 0.835. The summed E-state index contributed by atoms with van der Waals surface area (Å²) in [6, 6.07) is 11.3. The minimum absolute atomic E-state index is 0.258. The summed E-state index contributed by atoms with van der Waals surface area (Å²) in [5.74, 6) is -0.342. The summed E-state index contributed by atoms with van der Waals surface area (Å²) < 4.78 is 13.8. The minimum Gasteiger partial charge on any atom is -0.392 e. The first-order valence-corrected chi connectivity index (χ1v) is 5.59. The lowest BCUT2D eigenvalue weighted by atomic mass is 9.96. The highest BCUT2D eigenvalue weighted by molar-refractivity contribution is 5.68. The number of halogens is 1. The summed E-state index contributed by atoms with van der Waals surface area (Å²) in [5.41, 5.74) is 4.16. The third-order valence-electron chi connectivity index (χ3n) is 3.03. The normalized spacial score (nSPS) is 10.6. The molecule has 0 heterocycles. The Morgan fingerprint density at radius 1 is 1.06 bits per heavy atom. The highest BCUT2D eigenvalue weighted by Gasteiger charge is 2.09. The van der Waals surface area contributed by atoms with Crippen LogP contribution in [0.4, 0.5) is 4.39 Å². The fourth-order valence-electron chi connectivity index (χ4n) is 2.03. The zero-order valence-corrected chi connectivity index (χ0v) is 10.00. The van der Waals surface area contributed by atoms with Crippen LogP contribution >= 0.6 is 0 Å². The first kappa shape index (κ1) is 11.8. The number of benzene rings is 2. The van der Waals surface area contributed by atoms with E-state index in [1.54, 1.807) is 0 Å². The second-order valence-electron chi connectivity index (χ2n) is 4.23. The molecule has 2 aromatic carbocycles. The predicted octanol–water partition coefficient (Wildman–Crippen LogP) is 3.60. The molecular weight excluding hydrogens is 215 g/mol. The maximum atomic E-state index is 13.8. The van der Waals surface area contributed by atoms with Crippen LogP contribution in [-0.2, 0) is 6.61 Å². The molecule has 0 bridgehead atoms. The number of aliphatic hydroxyl groups excluding tert-OH is 1. The van der Waals surface area contributed by atoms with Gasteiger partial charge in [-0.05, 0) is 42.2 Å². The highest BCUT2D eigenvalue weighted by Crippen LogP contribution is 2.27. The summed E-state index contributed by atoms with van der Waals surface area (Å²) in [6.07, 6.45) is 0. The van der Waals surface area contributed by atoms with Crippen LogP contribution in [-0.4, -0.2) is 5.11 Å². The molecule has 0 unspecified atom stereocenters. The Bertz CT molecular complexity index is 523. The van der Waals surface area contributed by atoms with Crippen molar-refractivity contribution in [3.63, 3.8) is 0 Å². The lowest BCUT2D eigenvalue weighted by molar-refractivity contribution is 0.275. The number of aryl methyl sites for hydroxylation is 2. The molecule has 0 spiro atoms. The summed E-state index contributed by atoms with van der Waals surface area (Å²) >= 11 is 0. The van der Waals surface area contributed by atoms with Crippen molar-refractivity contribution in [2.45, 2.75) is 20.5 Å². The summed E-state index contributed by atoms with van der Waals surface area (Å²) in [4.78, 5) is 0. The van der Waals surface area contributed by atoms with E-state index in [0.717, 1.165) is 22.3 Å². The van der Waals surface area contributed by atoms with E-state index in [9.17, 15) is 4.39 Å². The molecular formula is C15H15FO. The molecule has 0 aromatic heterocycles. The monoisotopic (exact) mass is 230 g/mol. The average Bonchev–Trinajstić information content (AvgIpc) is 2.29. The molecule has 0 aliphatic rings. The first-order valence-electron chi connectivity index (χ1n) is 5.59. The van der Waals surface area contributed by atoms with Gasteiger partial charge in [-0.3, -0.25) is 0 Å². The van der Waals surface area contributed by atoms with Gasteiger partial charge in [0.05, 0.1) is 6.61 Å².